The van der Waals surface area contributed by atoms with Crippen LogP contribution in [0.4, 0.5) is 4.39 Å². The summed E-state index contributed by atoms with van der Waals surface area (Å²) in [7, 11) is 0. The predicted octanol–water partition coefficient (Wildman–Crippen LogP) is 3.66. The van der Waals surface area contributed by atoms with E-state index in [4.69, 9.17) is 16.0 Å². The SMILES string of the molecule is OC[C@@H](NCc1ccc(Br)o1)c1ccc(Cl)c(F)c1. The molecule has 0 amide bonds. The summed E-state index contributed by atoms with van der Waals surface area (Å²) in [6.07, 6.45) is 0. The Labute approximate surface area is 123 Å². The van der Waals surface area contributed by atoms with Crippen LogP contribution in [-0.4, -0.2) is 11.7 Å². The molecule has 0 radical (unpaired) electrons. The summed E-state index contributed by atoms with van der Waals surface area (Å²) in [5.41, 5.74) is 0.634. The Morgan fingerprint density at radius 1 is 1.37 bits per heavy atom. The molecule has 0 fully saturated rings. The minimum absolute atomic E-state index is 0.0652. The lowest BCUT2D eigenvalue weighted by molar-refractivity contribution is 0.240. The van der Waals surface area contributed by atoms with Crippen LogP contribution in [0.25, 0.3) is 0 Å². The molecular weight excluding hydrogens is 337 g/mol. The van der Waals surface area contributed by atoms with E-state index in [1.807, 2.05) is 6.07 Å². The van der Waals surface area contributed by atoms with Crippen molar-refractivity contribution in [2.75, 3.05) is 6.61 Å². The number of furan rings is 1. The molecule has 0 aliphatic rings. The summed E-state index contributed by atoms with van der Waals surface area (Å²) in [5, 5.41) is 12.5. The number of hydrogen-bond donors (Lipinski definition) is 2. The first-order valence-corrected chi connectivity index (χ1v) is 6.80. The summed E-state index contributed by atoms with van der Waals surface area (Å²) < 4.78 is 19.4. The molecule has 1 aromatic carbocycles. The van der Waals surface area contributed by atoms with Gasteiger partial charge in [0.2, 0.25) is 0 Å². The van der Waals surface area contributed by atoms with Crippen molar-refractivity contribution in [1.82, 2.24) is 5.32 Å². The lowest BCUT2D eigenvalue weighted by Gasteiger charge is -2.16. The van der Waals surface area contributed by atoms with Crippen LogP contribution in [0.2, 0.25) is 5.02 Å². The standard InChI is InChI=1S/C13H12BrClFNO2/c14-13-4-2-9(19-13)6-17-12(7-18)8-1-3-10(15)11(16)5-8/h1-5,12,17-18H,6-7H2/t12-/m1/s1. The fraction of sp³-hybridized carbons (Fsp3) is 0.231. The molecular formula is C13H12BrClFNO2. The fourth-order valence-corrected chi connectivity index (χ4v) is 2.15. The predicted molar refractivity (Wildman–Crippen MR) is 74.5 cm³/mol. The van der Waals surface area contributed by atoms with Crippen molar-refractivity contribution in [1.29, 1.82) is 0 Å². The zero-order valence-corrected chi connectivity index (χ0v) is 12.2. The van der Waals surface area contributed by atoms with E-state index in [1.165, 1.54) is 12.1 Å². The van der Waals surface area contributed by atoms with Crippen molar-refractivity contribution in [2.45, 2.75) is 12.6 Å². The van der Waals surface area contributed by atoms with Crippen molar-refractivity contribution in [3.05, 3.63) is 57.2 Å². The maximum Gasteiger partial charge on any atom is 0.169 e. The molecule has 102 valence electrons. The molecule has 0 bridgehead atoms. The van der Waals surface area contributed by atoms with Crippen LogP contribution in [0.15, 0.2) is 39.4 Å². The third-order valence-electron chi connectivity index (χ3n) is 2.68. The van der Waals surface area contributed by atoms with E-state index in [0.717, 1.165) is 5.76 Å². The second kappa shape index (κ2) is 6.52. The van der Waals surface area contributed by atoms with Gasteiger partial charge in [0.05, 0.1) is 24.2 Å². The lowest BCUT2D eigenvalue weighted by atomic mass is 10.1. The number of halogens is 3. The fourth-order valence-electron chi connectivity index (χ4n) is 1.69. The molecule has 0 saturated heterocycles. The Morgan fingerprint density at radius 3 is 2.74 bits per heavy atom. The Kier molecular flexibility index (Phi) is 4.99. The van der Waals surface area contributed by atoms with Gasteiger partial charge in [0.15, 0.2) is 4.67 Å². The first-order valence-electron chi connectivity index (χ1n) is 5.63. The van der Waals surface area contributed by atoms with Crippen molar-refractivity contribution in [2.24, 2.45) is 0 Å². The lowest BCUT2D eigenvalue weighted by Crippen LogP contribution is -2.23. The van der Waals surface area contributed by atoms with E-state index in [9.17, 15) is 9.50 Å². The molecule has 0 spiro atoms. The summed E-state index contributed by atoms with van der Waals surface area (Å²) in [6.45, 7) is 0.282. The van der Waals surface area contributed by atoms with Gasteiger partial charge in [-0.15, -0.1) is 0 Å². The smallest absolute Gasteiger partial charge is 0.169 e. The van der Waals surface area contributed by atoms with Gasteiger partial charge in [-0.25, -0.2) is 4.39 Å². The maximum atomic E-state index is 13.4. The normalized spacial score (nSPS) is 12.6. The number of aliphatic hydroxyl groups excluding tert-OH is 1. The molecule has 19 heavy (non-hydrogen) atoms. The average Bonchev–Trinajstić information content (AvgIpc) is 2.80. The van der Waals surface area contributed by atoms with Gasteiger partial charge in [-0.05, 0) is 45.8 Å². The molecule has 1 heterocycles. The Hall–Kier alpha value is -0.880. The Balaban J connectivity index is 2.05. The highest BCUT2D eigenvalue weighted by Gasteiger charge is 2.12. The minimum Gasteiger partial charge on any atom is -0.453 e. The number of hydrogen-bond acceptors (Lipinski definition) is 3. The van der Waals surface area contributed by atoms with Gasteiger partial charge in [-0.3, -0.25) is 0 Å². The zero-order valence-electron chi connectivity index (χ0n) is 9.87. The van der Waals surface area contributed by atoms with E-state index in [0.29, 0.717) is 16.8 Å². The maximum absolute atomic E-state index is 13.4. The summed E-state index contributed by atoms with van der Waals surface area (Å²) >= 11 is 8.84. The molecule has 3 nitrogen and oxygen atoms in total. The van der Waals surface area contributed by atoms with Crippen LogP contribution >= 0.6 is 27.5 Å². The van der Waals surface area contributed by atoms with Gasteiger partial charge < -0.3 is 14.8 Å². The van der Waals surface area contributed by atoms with E-state index < -0.39 is 5.82 Å². The molecule has 2 aromatic rings. The van der Waals surface area contributed by atoms with Gasteiger partial charge in [0.25, 0.3) is 0 Å². The molecule has 1 aromatic heterocycles. The molecule has 2 N–H and O–H groups in total. The van der Waals surface area contributed by atoms with Crippen molar-refractivity contribution in [3.8, 4) is 0 Å². The highest BCUT2D eigenvalue weighted by atomic mass is 79.9. The van der Waals surface area contributed by atoms with Gasteiger partial charge in [0, 0.05) is 0 Å². The van der Waals surface area contributed by atoms with E-state index >= 15 is 0 Å². The zero-order chi connectivity index (χ0) is 13.8. The van der Waals surface area contributed by atoms with Crippen LogP contribution in [0.3, 0.4) is 0 Å². The number of aliphatic hydroxyl groups is 1. The van der Waals surface area contributed by atoms with Crippen LogP contribution in [0.5, 0.6) is 0 Å². The number of nitrogens with one attached hydrogen (secondary N) is 1. The van der Waals surface area contributed by atoms with Crippen molar-refractivity contribution >= 4 is 27.5 Å². The molecule has 2 rings (SSSR count). The first kappa shape index (κ1) is 14.5. The third-order valence-corrected chi connectivity index (χ3v) is 3.41. The molecule has 0 aliphatic heterocycles. The van der Waals surface area contributed by atoms with Crippen LogP contribution in [-0.2, 0) is 6.54 Å². The van der Waals surface area contributed by atoms with Gasteiger partial charge in [-0.2, -0.15) is 0 Å². The van der Waals surface area contributed by atoms with Gasteiger partial charge >= 0.3 is 0 Å². The molecule has 0 unspecified atom stereocenters. The second-order valence-corrected chi connectivity index (χ2v) is 5.18. The van der Waals surface area contributed by atoms with Crippen LogP contribution < -0.4 is 5.32 Å². The van der Waals surface area contributed by atoms with Crippen LogP contribution in [0.1, 0.15) is 17.4 Å². The minimum atomic E-state index is -0.500. The number of rotatable bonds is 5. The Bertz CT molecular complexity index is 561. The van der Waals surface area contributed by atoms with Crippen molar-refractivity contribution in [3.63, 3.8) is 0 Å². The van der Waals surface area contributed by atoms with E-state index in [-0.39, 0.29) is 17.7 Å². The highest BCUT2D eigenvalue weighted by Crippen LogP contribution is 2.21. The monoisotopic (exact) mass is 347 g/mol. The van der Waals surface area contributed by atoms with Crippen LogP contribution in [0, 0.1) is 5.82 Å². The molecule has 0 saturated carbocycles. The quantitative estimate of drug-likeness (QED) is 0.867. The summed E-state index contributed by atoms with van der Waals surface area (Å²) in [6, 6.07) is 7.68. The summed E-state index contributed by atoms with van der Waals surface area (Å²) in [5.74, 6) is 0.222. The second-order valence-electron chi connectivity index (χ2n) is 4.00. The largest absolute Gasteiger partial charge is 0.453 e. The molecule has 6 heteroatoms. The molecule has 1 atom stereocenters. The Morgan fingerprint density at radius 2 is 2.16 bits per heavy atom. The van der Waals surface area contributed by atoms with Gasteiger partial charge in [-0.1, -0.05) is 17.7 Å². The highest BCUT2D eigenvalue weighted by molar-refractivity contribution is 9.10. The topological polar surface area (TPSA) is 45.4 Å². The average molecular weight is 349 g/mol. The van der Waals surface area contributed by atoms with Crippen molar-refractivity contribution < 1.29 is 13.9 Å². The van der Waals surface area contributed by atoms with E-state index in [2.05, 4.69) is 21.2 Å². The number of benzene rings is 1. The third kappa shape index (κ3) is 3.79. The first-order chi connectivity index (χ1) is 9.10. The molecule has 0 aliphatic carbocycles. The van der Waals surface area contributed by atoms with Gasteiger partial charge in [0.1, 0.15) is 11.6 Å². The van der Waals surface area contributed by atoms with E-state index in [1.54, 1.807) is 12.1 Å². The summed E-state index contributed by atoms with van der Waals surface area (Å²) in [4.78, 5) is 0.